The van der Waals surface area contributed by atoms with E-state index in [1.54, 1.807) is 6.20 Å². The number of carbonyl (C=O) groups excluding carboxylic acids is 1. The largest absolute Gasteiger partial charge is 0.299 e. The van der Waals surface area contributed by atoms with E-state index in [4.69, 9.17) is 11.6 Å². The monoisotopic (exact) mass is 413 g/mol. The zero-order valence-electron chi connectivity index (χ0n) is 16.1. The van der Waals surface area contributed by atoms with Crippen molar-refractivity contribution in [1.82, 2.24) is 4.98 Å². The van der Waals surface area contributed by atoms with Crippen LogP contribution in [-0.4, -0.2) is 10.8 Å². The van der Waals surface area contributed by atoms with Gasteiger partial charge < -0.3 is 0 Å². The molecule has 1 atom stereocenters. The van der Waals surface area contributed by atoms with Crippen LogP contribution in [0.15, 0.2) is 37.1 Å². The zero-order chi connectivity index (χ0) is 20.5. The van der Waals surface area contributed by atoms with E-state index in [0.717, 1.165) is 31.2 Å². The van der Waals surface area contributed by atoms with E-state index in [1.165, 1.54) is 18.2 Å². The first kappa shape index (κ1) is 20.0. The third-order valence-electron chi connectivity index (χ3n) is 6.02. The summed E-state index contributed by atoms with van der Waals surface area (Å²) >= 11 is 6.51. The minimum absolute atomic E-state index is 0.0863. The number of carbonyl (C=O) groups is 1. The fourth-order valence-electron chi connectivity index (χ4n) is 4.07. The Morgan fingerprint density at radius 2 is 2.07 bits per heavy atom. The number of aryl methyl sites for hydroxylation is 1. The van der Waals surface area contributed by atoms with Gasteiger partial charge in [-0.1, -0.05) is 36.8 Å². The van der Waals surface area contributed by atoms with E-state index >= 15 is 0 Å². The van der Waals surface area contributed by atoms with Crippen molar-refractivity contribution < 1.29 is 13.6 Å². The molecule has 0 amide bonds. The fourth-order valence-corrected chi connectivity index (χ4v) is 4.42. The van der Waals surface area contributed by atoms with Crippen LogP contribution < -0.4 is 0 Å². The van der Waals surface area contributed by atoms with Crippen molar-refractivity contribution in [3.8, 4) is 11.1 Å². The summed E-state index contributed by atoms with van der Waals surface area (Å²) in [6, 6.07) is 4.50. The van der Waals surface area contributed by atoms with E-state index in [9.17, 15) is 13.6 Å². The van der Waals surface area contributed by atoms with Gasteiger partial charge in [-0.15, -0.1) is 0 Å². The lowest BCUT2D eigenvalue weighted by Crippen LogP contribution is -2.23. The Morgan fingerprint density at radius 1 is 1.28 bits per heavy atom. The first-order valence-corrected chi connectivity index (χ1v) is 10.4. The lowest BCUT2D eigenvalue weighted by atomic mass is 9.79. The molecule has 2 nitrogen and oxygen atoms in total. The molecule has 1 heterocycles. The molecule has 1 fully saturated rings. The smallest absolute Gasteiger partial charge is 0.141 e. The average Bonchev–Trinajstić information content (AvgIpc) is 2.79. The van der Waals surface area contributed by atoms with Crippen molar-refractivity contribution in [2.75, 3.05) is 0 Å². The summed E-state index contributed by atoms with van der Waals surface area (Å²) in [6.07, 6.45) is 9.81. The summed E-state index contributed by atoms with van der Waals surface area (Å²) in [4.78, 5) is 16.8. The molecular formula is C24H22ClF2NO. The summed E-state index contributed by atoms with van der Waals surface area (Å²) in [7, 11) is 0. The lowest BCUT2D eigenvalue weighted by Gasteiger charge is -2.25. The van der Waals surface area contributed by atoms with Gasteiger partial charge in [-0.3, -0.25) is 9.78 Å². The van der Waals surface area contributed by atoms with Gasteiger partial charge in [0.05, 0.1) is 10.7 Å². The highest BCUT2D eigenvalue weighted by molar-refractivity contribution is 6.48. The second-order valence-corrected chi connectivity index (χ2v) is 8.28. The molecule has 1 aromatic carbocycles. The predicted octanol–water partition coefficient (Wildman–Crippen LogP) is 6.57. The van der Waals surface area contributed by atoms with Gasteiger partial charge in [0.2, 0.25) is 0 Å². The van der Waals surface area contributed by atoms with Gasteiger partial charge >= 0.3 is 0 Å². The Balaban J connectivity index is 1.60. The third kappa shape index (κ3) is 3.91. The van der Waals surface area contributed by atoms with Gasteiger partial charge in [0.1, 0.15) is 17.4 Å². The maximum atomic E-state index is 14.7. The standard InChI is InChI=1S/C24H22ClF2NO/c1-2-18-21(26)9-8-19(23(18)27)17-12-16-7-6-14(10-20(25)24(16)28-13-17)11-22(29)15-4-3-5-15/h2,8-10,12-15H,1,3-7,11H2. The molecule has 0 radical (unpaired) electrons. The van der Waals surface area contributed by atoms with Gasteiger partial charge in [0.25, 0.3) is 0 Å². The number of fused-ring (bicyclic) bond motifs is 1. The van der Waals surface area contributed by atoms with E-state index < -0.39 is 11.6 Å². The second kappa shape index (κ2) is 8.19. The number of Topliss-reactive ketones (excluding diaryl/α,β-unsaturated/α-hetero) is 1. The van der Waals surface area contributed by atoms with Gasteiger partial charge in [0, 0.05) is 35.2 Å². The van der Waals surface area contributed by atoms with Crippen LogP contribution in [0.1, 0.15) is 48.9 Å². The number of hydrogen-bond donors (Lipinski definition) is 0. The second-order valence-electron chi connectivity index (χ2n) is 7.87. The van der Waals surface area contributed by atoms with Crippen molar-refractivity contribution in [2.45, 2.75) is 38.5 Å². The van der Waals surface area contributed by atoms with Crippen molar-refractivity contribution >= 4 is 28.5 Å². The van der Waals surface area contributed by atoms with Crippen LogP contribution >= 0.6 is 11.6 Å². The van der Waals surface area contributed by atoms with Gasteiger partial charge in [-0.25, -0.2) is 8.78 Å². The molecule has 150 valence electrons. The number of ketones is 1. The van der Waals surface area contributed by atoms with Crippen molar-refractivity contribution in [2.24, 2.45) is 11.8 Å². The molecule has 2 aromatic rings. The molecule has 2 aliphatic carbocycles. The molecule has 5 heteroatoms. The summed E-state index contributed by atoms with van der Waals surface area (Å²) in [5.74, 6) is -0.664. The minimum Gasteiger partial charge on any atom is -0.299 e. The van der Waals surface area contributed by atoms with Crippen LogP contribution in [-0.2, 0) is 11.2 Å². The number of nitrogens with zero attached hydrogens (tertiary/aromatic N) is 1. The maximum absolute atomic E-state index is 14.7. The number of halogens is 3. The highest BCUT2D eigenvalue weighted by Crippen LogP contribution is 2.36. The SMILES string of the molecule is C=Cc1c(F)ccc(-c2cnc3c(c2)CCC(CC(=O)C2CCC2)C=C3Cl)c1F. The molecule has 29 heavy (non-hydrogen) atoms. The molecule has 2 aliphatic rings. The number of pyridine rings is 1. The average molecular weight is 414 g/mol. The topological polar surface area (TPSA) is 30.0 Å². The first-order chi connectivity index (χ1) is 14.0. The fraction of sp³-hybridized carbons (Fsp3) is 0.333. The van der Waals surface area contributed by atoms with Gasteiger partial charge in [0.15, 0.2) is 0 Å². The van der Waals surface area contributed by atoms with E-state index in [2.05, 4.69) is 11.6 Å². The summed E-state index contributed by atoms with van der Waals surface area (Å²) in [5, 5.41) is 0.529. The molecule has 0 bridgehead atoms. The minimum atomic E-state index is -0.652. The van der Waals surface area contributed by atoms with E-state index in [1.807, 2.05) is 12.1 Å². The van der Waals surface area contributed by atoms with E-state index in [-0.39, 0.29) is 23.0 Å². The predicted molar refractivity (Wildman–Crippen MR) is 112 cm³/mol. The van der Waals surface area contributed by atoms with Gasteiger partial charge in [-0.2, -0.15) is 0 Å². The maximum Gasteiger partial charge on any atom is 0.141 e. The molecule has 1 saturated carbocycles. The normalized spacial score (nSPS) is 19.0. The highest BCUT2D eigenvalue weighted by Gasteiger charge is 2.28. The molecule has 1 unspecified atom stereocenters. The van der Waals surface area contributed by atoms with Crippen LogP contribution in [0, 0.1) is 23.5 Å². The number of aromatic nitrogens is 1. The van der Waals surface area contributed by atoms with Crippen LogP contribution in [0.5, 0.6) is 0 Å². The van der Waals surface area contributed by atoms with Gasteiger partial charge in [-0.05, 0) is 55.4 Å². The summed E-state index contributed by atoms with van der Waals surface area (Å²) in [5.41, 5.74) is 2.27. The number of hydrogen-bond acceptors (Lipinski definition) is 2. The quantitative estimate of drug-likeness (QED) is 0.554. The Morgan fingerprint density at radius 3 is 2.76 bits per heavy atom. The van der Waals surface area contributed by atoms with Crippen molar-refractivity contribution in [1.29, 1.82) is 0 Å². The molecular weight excluding hydrogens is 392 g/mol. The molecule has 1 aromatic heterocycles. The summed E-state index contributed by atoms with van der Waals surface area (Å²) in [6.45, 7) is 3.49. The molecule has 4 rings (SSSR count). The Kier molecular flexibility index (Phi) is 5.64. The highest BCUT2D eigenvalue weighted by atomic mass is 35.5. The number of benzene rings is 1. The Bertz CT molecular complexity index is 1010. The van der Waals surface area contributed by atoms with Crippen LogP contribution in [0.25, 0.3) is 22.2 Å². The molecule has 0 saturated heterocycles. The Labute approximate surface area is 174 Å². The molecule has 0 spiro atoms. The zero-order valence-corrected chi connectivity index (χ0v) is 16.8. The third-order valence-corrected chi connectivity index (χ3v) is 6.33. The van der Waals surface area contributed by atoms with Crippen LogP contribution in [0.4, 0.5) is 8.78 Å². The molecule has 0 aliphatic heterocycles. The van der Waals surface area contributed by atoms with Crippen molar-refractivity contribution in [3.63, 3.8) is 0 Å². The van der Waals surface area contributed by atoms with Crippen molar-refractivity contribution in [3.05, 3.63) is 65.5 Å². The first-order valence-electron chi connectivity index (χ1n) is 9.98. The number of rotatable bonds is 5. The van der Waals surface area contributed by atoms with E-state index in [0.29, 0.717) is 34.9 Å². The summed E-state index contributed by atoms with van der Waals surface area (Å²) < 4.78 is 28.5. The number of allylic oxidation sites excluding steroid dienone is 1. The van der Waals surface area contributed by atoms with Crippen LogP contribution in [0.2, 0.25) is 0 Å². The Hall–Kier alpha value is -2.33. The molecule has 0 N–H and O–H groups in total. The lowest BCUT2D eigenvalue weighted by molar-refractivity contribution is -0.125. The van der Waals surface area contributed by atoms with Crippen LogP contribution in [0.3, 0.4) is 0 Å².